The van der Waals surface area contributed by atoms with Gasteiger partial charge in [-0.2, -0.15) is 0 Å². The molecule has 1 unspecified atom stereocenters. The highest BCUT2D eigenvalue weighted by Crippen LogP contribution is 2.40. The zero-order chi connectivity index (χ0) is 18.6. The van der Waals surface area contributed by atoms with Gasteiger partial charge in [-0.3, -0.25) is 0 Å². The van der Waals surface area contributed by atoms with E-state index < -0.39 is 9.04 Å². The molecule has 0 saturated carbocycles. The van der Waals surface area contributed by atoms with Gasteiger partial charge in [0.1, 0.15) is 0 Å². The summed E-state index contributed by atoms with van der Waals surface area (Å²) in [5, 5.41) is 0.284. The second kappa shape index (κ2) is 6.22. The summed E-state index contributed by atoms with van der Waals surface area (Å²) in [7, 11) is -1.53. The highest BCUT2D eigenvalue weighted by atomic mass is 28.3. The summed E-state index contributed by atoms with van der Waals surface area (Å²) in [6.45, 7) is 17.6. The van der Waals surface area contributed by atoms with E-state index in [1.165, 1.54) is 16.6 Å². The van der Waals surface area contributed by atoms with Crippen LogP contribution >= 0.6 is 0 Å². The Kier molecular flexibility index (Phi) is 4.77. The molecule has 0 aromatic heterocycles. The molecule has 2 atom stereocenters. The maximum atomic E-state index is 6.56. The number of rotatable bonds is 3. The fourth-order valence-corrected chi connectivity index (χ4v) is 4.61. The Morgan fingerprint density at radius 3 is 2.28 bits per heavy atom. The molecule has 0 amide bonds. The average Bonchev–Trinajstić information content (AvgIpc) is 2.96. The molecule has 25 heavy (non-hydrogen) atoms. The quantitative estimate of drug-likeness (QED) is 0.758. The molecule has 5 heteroatoms. The van der Waals surface area contributed by atoms with Crippen molar-refractivity contribution in [2.75, 3.05) is 0 Å². The van der Waals surface area contributed by atoms with Crippen LogP contribution in [0.5, 0.6) is 0 Å². The summed E-state index contributed by atoms with van der Waals surface area (Å²) in [5.74, 6) is 0. The molecular formula is C20H33BO3Si. The summed E-state index contributed by atoms with van der Waals surface area (Å²) >= 11 is 0. The first-order chi connectivity index (χ1) is 11.4. The molecule has 0 N–H and O–H groups in total. The lowest BCUT2D eigenvalue weighted by atomic mass is 9.75. The Balaban J connectivity index is 1.85. The molecule has 1 heterocycles. The molecule has 138 valence electrons. The normalized spacial score (nSPS) is 25.9. The Hall–Kier alpha value is -0.618. The molecular weight excluding hydrogens is 327 g/mol. The third-order valence-corrected chi connectivity index (χ3v) is 9.52. The summed E-state index contributed by atoms with van der Waals surface area (Å²) in [5.41, 5.74) is 3.30. The minimum atomic E-state index is -1.25. The summed E-state index contributed by atoms with van der Waals surface area (Å²) in [4.78, 5) is 0. The molecule has 1 aliphatic heterocycles. The standard InChI is InChI=1S/C20H33BO3Si/c1-18(2,3)25(8)22-17-13-12-14-15(17)10-9-11-16(14)21-23-19(4,5)20(6,7)24-21/h9-11,17,25H,12-13H2,1-8H3/t17-,25?/m0/s1. The zero-order valence-corrected chi connectivity index (χ0v) is 18.3. The lowest BCUT2D eigenvalue weighted by molar-refractivity contribution is 0.00578. The minimum Gasteiger partial charge on any atom is -0.413 e. The van der Waals surface area contributed by atoms with Gasteiger partial charge in [-0.1, -0.05) is 39.0 Å². The van der Waals surface area contributed by atoms with E-state index in [4.69, 9.17) is 13.7 Å². The highest BCUT2D eigenvalue weighted by molar-refractivity contribution is 6.62. The number of benzene rings is 1. The van der Waals surface area contributed by atoms with Gasteiger partial charge in [-0.15, -0.1) is 0 Å². The van der Waals surface area contributed by atoms with Gasteiger partial charge in [0.25, 0.3) is 0 Å². The Labute approximate surface area is 155 Å². The van der Waals surface area contributed by atoms with E-state index in [0.29, 0.717) is 0 Å². The fraction of sp³-hybridized carbons (Fsp3) is 0.700. The van der Waals surface area contributed by atoms with Crippen molar-refractivity contribution in [1.82, 2.24) is 0 Å². The Morgan fingerprint density at radius 2 is 1.72 bits per heavy atom. The maximum Gasteiger partial charge on any atom is 0.495 e. The van der Waals surface area contributed by atoms with E-state index in [1.54, 1.807) is 0 Å². The first-order valence-corrected chi connectivity index (χ1v) is 11.8. The predicted octanol–water partition coefficient (Wildman–Crippen LogP) is 4.14. The summed E-state index contributed by atoms with van der Waals surface area (Å²) in [6, 6.07) is 6.52. The lowest BCUT2D eigenvalue weighted by Gasteiger charge is -2.32. The topological polar surface area (TPSA) is 27.7 Å². The molecule has 3 rings (SSSR count). The van der Waals surface area contributed by atoms with Crippen LogP contribution in [0.15, 0.2) is 18.2 Å². The van der Waals surface area contributed by atoms with Crippen LogP contribution in [0.1, 0.15) is 72.1 Å². The molecule has 1 aromatic rings. The van der Waals surface area contributed by atoms with Crippen LogP contribution in [0.2, 0.25) is 11.6 Å². The summed E-state index contributed by atoms with van der Waals surface area (Å²) < 4.78 is 19.1. The third kappa shape index (κ3) is 3.49. The second-order valence-electron chi connectivity index (χ2n) is 9.67. The molecule has 1 saturated heterocycles. The van der Waals surface area contributed by atoms with Crippen molar-refractivity contribution in [2.45, 2.75) is 90.2 Å². The molecule has 0 radical (unpaired) electrons. The highest BCUT2D eigenvalue weighted by Gasteiger charge is 2.52. The van der Waals surface area contributed by atoms with Gasteiger partial charge in [-0.05, 0) is 68.7 Å². The van der Waals surface area contributed by atoms with Crippen molar-refractivity contribution in [1.29, 1.82) is 0 Å². The van der Waals surface area contributed by atoms with Gasteiger partial charge in [0, 0.05) is 0 Å². The largest absolute Gasteiger partial charge is 0.495 e. The van der Waals surface area contributed by atoms with Crippen molar-refractivity contribution >= 4 is 21.6 Å². The molecule has 1 aromatic carbocycles. The molecule has 2 aliphatic rings. The minimum absolute atomic E-state index is 0.235. The lowest BCUT2D eigenvalue weighted by Crippen LogP contribution is -2.41. The van der Waals surface area contributed by atoms with Crippen molar-refractivity contribution in [2.24, 2.45) is 0 Å². The van der Waals surface area contributed by atoms with Crippen molar-refractivity contribution in [3.63, 3.8) is 0 Å². The van der Waals surface area contributed by atoms with Crippen molar-refractivity contribution < 1.29 is 13.7 Å². The van der Waals surface area contributed by atoms with E-state index in [1.807, 2.05) is 0 Å². The van der Waals surface area contributed by atoms with Crippen LogP contribution in [0.4, 0.5) is 0 Å². The van der Waals surface area contributed by atoms with Crippen LogP contribution in [0.3, 0.4) is 0 Å². The first kappa shape index (κ1) is 19.2. The SMILES string of the molecule is C[SiH](O[C@H]1CCc2c(B3OC(C)(C)C(C)(C)O3)cccc21)C(C)(C)C. The number of hydrogen-bond acceptors (Lipinski definition) is 3. The second-order valence-corrected chi connectivity index (χ2v) is 13.0. The van der Waals surface area contributed by atoms with Gasteiger partial charge in [-0.25, -0.2) is 0 Å². The van der Waals surface area contributed by atoms with E-state index in [9.17, 15) is 0 Å². The van der Waals surface area contributed by atoms with E-state index in [0.717, 1.165) is 12.8 Å². The van der Waals surface area contributed by atoms with Gasteiger partial charge in [0.2, 0.25) is 0 Å². The van der Waals surface area contributed by atoms with Gasteiger partial charge >= 0.3 is 7.12 Å². The van der Waals surface area contributed by atoms with Crippen LogP contribution in [-0.2, 0) is 20.2 Å². The Morgan fingerprint density at radius 1 is 1.12 bits per heavy atom. The monoisotopic (exact) mass is 360 g/mol. The molecule has 3 nitrogen and oxygen atoms in total. The van der Waals surface area contributed by atoms with E-state index in [2.05, 4.69) is 73.2 Å². The van der Waals surface area contributed by atoms with Crippen LogP contribution in [0.25, 0.3) is 0 Å². The van der Waals surface area contributed by atoms with Gasteiger partial charge in [0.05, 0.1) is 17.3 Å². The van der Waals surface area contributed by atoms with Gasteiger partial charge in [0.15, 0.2) is 9.04 Å². The number of fused-ring (bicyclic) bond motifs is 1. The molecule has 1 aliphatic carbocycles. The molecule has 1 fully saturated rings. The van der Waals surface area contributed by atoms with Crippen molar-refractivity contribution in [3.8, 4) is 0 Å². The summed E-state index contributed by atoms with van der Waals surface area (Å²) in [6.07, 6.45) is 2.35. The molecule has 0 spiro atoms. The first-order valence-electron chi connectivity index (χ1n) is 9.55. The van der Waals surface area contributed by atoms with Crippen molar-refractivity contribution in [3.05, 3.63) is 29.3 Å². The maximum absolute atomic E-state index is 6.56. The predicted molar refractivity (Wildman–Crippen MR) is 107 cm³/mol. The van der Waals surface area contributed by atoms with Crippen LogP contribution in [-0.4, -0.2) is 27.4 Å². The van der Waals surface area contributed by atoms with Gasteiger partial charge < -0.3 is 13.7 Å². The Bertz CT molecular complexity index is 635. The third-order valence-electron chi connectivity index (χ3n) is 6.35. The fourth-order valence-electron chi connectivity index (χ4n) is 3.43. The van der Waals surface area contributed by atoms with Crippen LogP contribution < -0.4 is 5.46 Å². The number of hydrogen-bond donors (Lipinski definition) is 0. The van der Waals surface area contributed by atoms with Crippen LogP contribution in [0, 0.1) is 0 Å². The smallest absolute Gasteiger partial charge is 0.413 e. The van der Waals surface area contributed by atoms with E-state index in [-0.39, 0.29) is 29.5 Å². The van der Waals surface area contributed by atoms with E-state index >= 15 is 0 Å². The zero-order valence-electron chi connectivity index (χ0n) is 17.1. The molecule has 0 bridgehead atoms. The average molecular weight is 360 g/mol.